The van der Waals surface area contributed by atoms with E-state index in [1.807, 2.05) is 0 Å². The molecule has 2 heterocycles. The summed E-state index contributed by atoms with van der Waals surface area (Å²) in [5.41, 5.74) is -0.214. The van der Waals surface area contributed by atoms with Crippen LogP contribution in [-0.4, -0.2) is 69.6 Å². The number of rotatable bonds is 5. The molecular formula is C14H26N2O2. The van der Waals surface area contributed by atoms with Gasteiger partial charge in [-0.25, -0.2) is 0 Å². The first-order valence-corrected chi connectivity index (χ1v) is 7.05. The van der Waals surface area contributed by atoms with Gasteiger partial charge in [-0.15, -0.1) is 0 Å². The normalized spacial score (nSPS) is 31.1. The summed E-state index contributed by atoms with van der Waals surface area (Å²) >= 11 is 0. The van der Waals surface area contributed by atoms with Crippen LogP contribution in [0, 0.1) is 11.3 Å². The van der Waals surface area contributed by atoms with Gasteiger partial charge in [0.25, 0.3) is 0 Å². The van der Waals surface area contributed by atoms with E-state index in [-0.39, 0.29) is 5.41 Å². The topological polar surface area (TPSA) is 32.8 Å². The summed E-state index contributed by atoms with van der Waals surface area (Å²) in [7, 11) is 4.28. The molecule has 0 aromatic heterocycles. The molecule has 0 radical (unpaired) electrons. The van der Waals surface area contributed by atoms with Crippen LogP contribution in [0.25, 0.3) is 0 Å². The Morgan fingerprint density at radius 1 is 1.39 bits per heavy atom. The molecule has 2 saturated heterocycles. The maximum Gasteiger partial charge on any atom is 0.129 e. The van der Waals surface area contributed by atoms with Crippen LogP contribution in [0.15, 0.2) is 0 Å². The predicted octanol–water partition coefficient (Wildman–Crippen LogP) is 0.866. The predicted molar refractivity (Wildman–Crippen MR) is 71.7 cm³/mol. The quantitative estimate of drug-likeness (QED) is 0.682. The fourth-order valence-electron chi connectivity index (χ4n) is 3.17. The highest BCUT2D eigenvalue weighted by Crippen LogP contribution is 2.29. The number of carbonyl (C=O) groups is 1. The van der Waals surface area contributed by atoms with Crippen LogP contribution in [0.3, 0.4) is 0 Å². The number of piperidine rings is 1. The van der Waals surface area contributed by atoms with Gasteiger partial charge >= 0.3 is 0 Å². The third-order valence-electron chi connectivity index (χ3n) is 4.25. The number of hydrogen-bond acceptors (Lipinski definition) is 4. The van der Waals surface area contributed by atoms with Gasteiger partial charge in [0.2, 0.25) is 0 Å². The van der Waals surface area contributed by atoms with Crippen molar-refractivity contribution >= 4 is 6.29 Å². The summed E-state index contributed by atoms with van der Waals surface area (Å²) in [6.45, 7) is 5.72. The molecule has 0 amide bonds. The second-order valence-electron chi connectivity index (χ2n) is 6.26. The Kier molecular flexibility index (Phi) is 4.76. The van der Waals surface area contributed by atoms with E-state index in [1.54, 1.807) is 0 Å². The van der Waals surface area contributed by atoms with Crippen molar-refractivity contribution in [3.05, 3.63) is 0 Å². The second kappa shape index (κ2) is 6.13. The molecule has 4 nitrogen and oxygen atoms in total. The smallest absolute Gasteiger partial charge is 0.129 e. The van der Waals surface area contributed by atoms with E-state index in [9.17, 15) is 4.79 Å². The number of carbonyl (C=O) groups excluding carboxylic acids is 1. The van der Waals surface area contributed by atoms with Crippen molar-refractivity contribution < 1.29 is 9.53 Å². The summed E-state index contributed by atoms with van der Waals surface area (Å²) in [6, 6.07) is 0. The first kappa shape index (κ1) is 14.0. The monoisotopic (exact) mass is 254 g/mol. The first-order valence-electron chi connectivity index (χ1n) is 7.05. The van der Waals surface area contributed by atoms with E-state index < -0.39 is 0 Å². The zero-order chi connectivity index (χ0) is 13.0. The number of nitrogens with zero attached hydrogens (tertiary/aromatic N) is 2. The van der Waals surface area contributed by atoms with Crippen molar-refractivity contribution in [2.24, 2.45) is 11.3 Å². The number of likely N-dealkylation sites (tertiary alicyclic amines) is 1. The Morgan fingerprint density at radius 3 is 2.61 bits per heavy atom. The first-order chi connectivity index (χ1) is 8.63. The molecule has 104 valence electrons. The van der Waals surface area contributed by atoms with Gasteiger partial charge in [-0.05, 0) is 52.4 Å². The SMILES string of the molecule is CN(C)CC1CCN(CC2(C=O)CCOC2)CC1. The Labute approximate surface area is 110 Å². The molecule has 1 unspecified atom stereocenters. The lowest BCUT2D eigenvalue weighted by Gasteiger charge is -2.36. The van der Waals surface area contributed by atoms with Crippen LogP contribution in [0.4, 0.5) is 0 Å². The van der Waals surface area contributed by atoms with Gasteiger partial charge in [0.05, 0.1) is 12.0 Å². The molecule has 2 rings (SSSR count). The average Bonchev–Trinajstić information content (AvgIpc) is 2.80. The van der Waals surface area contributed by atoms with Crippen molar-refractivity contribution in [3.63, 3.8) is 0 Å². The van der Waals surface area contributed by atoms with Gasteiger partial charge in [0.15, 0.2) is 0 Å². The largest absolute Gasteiger partial charge is 0.380 e. The van der Waals surface area contributed by atoms with Gasteiger partial charge in [0, 0.05) is 19.7 Å². The van der Waals surface area contributed by atoms with Crippen molar-refractivity contribution in [2.75, 3.05) is 53.5 Å². The van der Waals surface area contributed by atoms with Crippen molar-refractivity contribution in [2.45, 2.75) is 19.3 Å². The van der Waals surface area contributed by atoms with Crippen molar-refractivity contribution in [1.29, 1.82) is 0 Å². The fraction of sp³-hybridized carbons (Fsp3) is 0.929. The maximum absolute atomic E-state index is 11.3. The fourth-order valence-corrected chi connectivity index (χ4v) is 3.17. The van der Waals surface area contributed by atoms with Crippen LogP contribution < -0.4 is 0 Å². The Morgan fingerprint density at radius 2 is 2.11 bits per heavy atom. The molecule has 0 bridgehead atoms. The van der Waals surface area contributed by atoms with Crippen LogP contribution in [0.1, 0.15) is 19.3 Å². The molecule has 2 aliphatic rings. The van der Waals surface area contributed by atoms with Crippen LogP contribution in [0.5, 0.6) is 0 Å². The van der Waals surface area contributed by atoms with E-state index in [2.05, 4.69) is 23.9 Å². The van der Waals surface area contributed by atoms with Gasteiger partial charge in [-0.3, -0.25) is 0 Å². The highest BCUT2D eigenvalue weighted by Gasteiger charge is 2.37. The molecular weight excluding hydrogens is 228 g/mol. The molecule has 0 saturated carbocycles. The van der Waals surface area contributed by atoms with E-state index in [4.69, 9.17) is 4.74 Å². The van der Waals surface area contributed by atoms with Crippen LogP contribution in [0.2, 0.25) is 0 Å². The average molecular weight is 254 g/mol. The molecule has 18 heavy (non-hydrogen) atoms. The van der Waals surface area contributed by atoms with E-state index in [0.717, 1.165) is 44.9 Å². The molecule has 1 atom stereocenters. The number of hydrogen-bond donors (Lipinski definition) is 0. The summed E-state index contributed by atoms with van der Waals surface area (Å²) in [4.78, 5) is 16.0. The lowest BCUT2D eigenvalue weighted by molar-refractivity contribution is -0.117. The van der Waals surface area contributed by atoms with Crippen LogP contribution >= 0.6 is 0 Å². The van der Waals surface area contributed by atoms with Gasteiger partial charge < -0.3 is 19.3 Å². The van der Waals surface area contributed by atoms with E-state index in [1.165, 1.54) is 19.4 Å². The molecule has 0 spiro atoms. The third-order valence-corrected chi connectivity index (χ3v) is 4.25. The lowest BCUT2D eigenvalue weighted by Crippen LogP contribution is -2.44. The van der Waals surface area contributed by atoms with Gasteiger partial charge in [-0.2, -0.15) is 0 Å². The zero-order valence-corrected chi connectivity index (χ0v) is 11.7. The number of ether oxygens (including phenoxy) is 1. The molecule has 0 aliphatic carbocycles. The Hall–Kier alpha value is -0.450. The van der Waals surface area contributed by atoms with Gasteiger partial charge in [0.1, 0.15) is 6.29 Å². The summed E-state index contributed by atoms with van der Waals surface area (Å²) in [5.74, 6) is 0.822. The van der Waals surface area contributed by atoms with E-state index >= 15 is 0 Å². The Bertz CT molecular complexity index is 267. The molecule has 4 heteroatoms. The highest BCUT2D eigenvalue weighted by atomic mass is 16.5. The third kappa shape index (κ3) is 3.53. The molecule has 0 aromatic carbocycles. The minimum Gasteiger partial charge on any atom is -0.380 e. The van der Waals surface area contributed by atoms with Crippen molar-refractivity contribution in [1.82, 2.24) is 9.80 Å². The summed E-state index contributed by atoms with van der Waals surface area (Å²) in [5, 5.41) is 0. The molecule has 0 aromatic rings. The van der Waals surface area contributed by atoms with Crippen LogP contribution in [-0.2, 0) is 9.53 Å². The highest BCUT2D eigenvalue weighted by molar-refractivity contribution is 5.60. The van der Waals surface area contributed by atoms with Gasteiger partial charge in [-0.1, -0.05) is 0 Å². The molecule has 0 N–H and O–H groups in total. The molecule has 2 fully saturated rings. The minimum atomic E-state index is -0.214. The maximum atomic E-state index is 11.3. The summed E-state index contributed by atoms with van der Waals surface area (Å²) < 4.78 is 5.40. The molecule has 2 aliphatic heterocycles. The van der Waals surface area contributed by atoms with E-state index in [0.29, 0.717) is 6.61 Å². The van der Waals surface area contributed by atoms with Crippen molar-refractivity contribution in [3.8, 4) is 0 Å². The lowest BCUT2D eigenvalue weighted by atomic mass is 9.87. The number of aldehydes is 1. The second-order valence-corrected chi connectivity index (χ2v) is 6.26. The minimum absolute atomic E-state index is 0.214. The Balaban J connectivity index is 1.77. The summed E-state index contributed by atoms with van der Waals surface area (Å²) in [6.07, 6.45) is 4.54. The zero-order valence-electron chi connectivity index (χ0n) is 11.7. The standard InChI is InChI=1S/C14H26N2O2/c1-15(2)9-13-3-6-16(7-4-13)10-14(11-17)5-8-18-12-14/h11,13H,3-10,12H2,1-2H3.